The van der Waals surface area contributed by atoms with Crippen LogP contribution in [0.25, 0.3) is 21.9 Å². The van der Waals surface area contributed by atoms with Crippen molar-refractivity contribution < 1.29 is 9.18 Å². The number of likely N-dealkylation sites (tertiary alicyclic amines) is 1. The molecule has 0 saturated carbocycles. The molecule has 2 aromatic heterocycles. The maximum absolute atomic E-state index is 12.9. The molecule has 5 rings (SSSR count). The summed E-state index contributed by atoms with van der Waals surface area (Å²) >= 11 is 0. The standard InChI is InChI=1S/C27H35FN6O/c1-3-4-23-8-5-19(2)33(23)18-27(35)31-26-14-22-13-20(6-7-21(22)15-29-26)24-16-30-34-12-11-32(10-9-28)17-25(24)34/h6-7,13-16,19,23H,3-5,8-12,17-18H2,1-2H3,(H,29,31,35). The molecule has 2 aliphatic rings. The fourth-order valence-electron chi connectivity index (χ4n) is 5.63. The van der Waals surface area contributed by atoms with Gasteiger partial charge in [-0.2, -0.15) is 5.10 Å². The number of halogens is 1. The van der Waals surface area contributed by atoms with Gasteiger partial charge < -0.3 is 5.32 Å². The molecule has 1 aromatic carbocycles. The minimum Gasteiger partial charge on any atom is -0.310 e. The van der Waals surface area contributed by atoms with Gasteiger partial charge in [-0.3, -0.25) is 19.3 Å². The largest absolute Gasteiger partial charge is 0.310 e. The number of fused-ring (bicyclic) bond motifs is 2. The smallest absolute Gasteiger partial charge is 0.239 e. The van der Waals surface area contributed by atoms with Gasteiger partial charge >= 0.3 is 0 Å². The summed E-state index contributed by atoms with van der Waals surface area (Å²) in [4.78, 5) is 21.8. The lowest BCUT2D eigenvalue weighted by atomic mass is 10.0. The molecular formula is C27H35FN6O. The van der Waals surface area contributed by atoms with Crippen molar-refractivity contribution in [1.29, 1.82) is 0 Å². The van der Waals surface area contributed by atoms with Gasteiger partial charge in [-0.1, -0.05) is 25.5 Å². The molecule has 0 radical (unpaired) electrons. The molecule has 2 aliphatic heterocycles. The molecule has 0 spiro atoms. The van der Waals surface area contributed by atoms with Gasteiger partial charge in [0.1, 0.15) is 12.5 Å². The number of pyridine rings is 1. The van der Waals surface area contributed by atoms with E-state index in [4.69, 9.17) is 0 Å². The van der Waals surface area contributed by atoms with Crippen LogP contribution in [-0.4, -0.2) is 68.9 Å². The van der Waals surface area contributed by atoms with Crippen LogP contribution in [0.15, 0.2) is 36.7 Å². The number of carbonyl (C=O) groups excluding carboxylic acids is 1. The Hall–Kier alpha value is -2.84. The maximum Gasteiger partial charge on any atom is 0.239 e. The third-order valence-corrected chi connectivity index (χ3v) is 7.55. The van der Waals surface area contributed by atoms with E-state index in [2.05, 4.69) is 57.2 Å². The average Bonchev–Trinajstić information content (AvgIpc) is 3.42. The topological polar surface area (TPSA) is 66.3 Å². The van der Waals surface area contributed by atoms with Gasteiger partial charge in [0.15, 0.2) is 0 Å². The number of nitrogens with zero attached hydrogens (tertiary/aromatic N) is 5. The number of nitrogens with one attached hydrogen (secondary N) is 1. The van der Waals surface area contributed by atoms with Gasteiger partial charge in [0.25, 0.3) is 0 Å². The van der Waals surface area contributed by atoms with E-state index >= 15 is 0 Å². The van der Waals surface area contributed by atoms with Gasteiger partial charge in [0.05, 0.1) is 25.0 Å². The number of rotatable bonds is 8. The van der Waals surface area contributed by atoms with Crippen LogP contribution in [0, 0.1) is 0 Å². The van der Waals surface area contributed by atoms with E-state index in [1.165, 1.54) is 6.42 Å². The van der Waals surface area contributed by atoms with Crippen LogP contribution < -0.4 is 5.32 Å². The molecule has 4 heterocycles. The van der Waals surface area contributed by atoms with Crippen molar-refractivity contribution in [1.82, 2.24) is 24.6 Å². The molecule has 2 unspecified atom stereocenters. The van der Waals surface area contributed by atoms with E-state index in [0.29, 0.717) is 37.5 Å². The Labute approximate surface area is 206 Å². The Morgan fingerprint density at radius 3 is 2.89 bits per heavy atom. The second kappa shape index (κ2) is 10.4. The Morgan fingerprint density at radius 2 is 2.06 bits per heavy atom. The van der Waals surface area contributed by atoms with E-state index in [1.54, 1.807) is 0 Å². The summed E-state index contributed by atoms with van der Waals surface area (Å²) in [6, 6.07) is 9.13. The zero-order chi connectivity index (χ0) is 24.4. The van der Waals surface area contributed by atoms with Crippen LogP contribution in [-0.2, 0) is 17.9 Å². The average molecular weight is 479 g/mol. The number of carbonyl (C=O) groups is 1. The van der Waals surface area contributed by atoms with Crippen LogP contribution in [0.4, 0.5) is 10.2 Å². The van der Waals surface area contributed by atoms with Crippen molar-refractivity contribution in [2.75, 3.05) is 31.6 Å². The highest BCUT2D eigenvalue weighted by Crippen LogP contribution is 2.30. The van der Waals surface area contributed by atoms with Crippen LogP contribution in [0.5, 0.6) is 0 Å². The second-order valence-electron chi connectivity index (χ2n) is 9.91. The van der Waals surface area contributed by atoms with Crippen molar-refractivity contribution in [2.24, 2.45) is 0 Å². The monoisotopic (exact) mass is 478 g/mol. The van der Waals surface area contributed by atoms with E-state index in [9.17, 15) is 9.18 Å². The number of anilines is 1. The van der Waals surface area contributed by atoms with Crippen molar-refractivity contribution in [3.05, 3.63) is 42.4 Å². The summed E-state index contributed by atoms with van der Waals surface area (Å²) < 4.78 is 14.9. The predicted molar refractivity (Wildman–Crippen MR) is 137 cm³/mol. The van der Waals surface area contributed by atoms with Gasteiger partial charge in [-0.15, -0.1) is 0 Å². The summed E-state index contributed by atoms with van der Waals surface area (Å²) in [5.41, 5.74) is 3.26. The highest BCUT2D eigenvalue weighted by Gasteiger charge is 2.31. The van der Waals surface area contributed by atoms with Crippen molar-refractivity contribution in [3.63, 3.8) is 0 Å². The molecule has 0 aliphatic carbocycles. The van der Waals surface area contributed by atoms with E-state index < -0.39 is 0 Å². The lowest BCUT2D eigenvalue weighted by Crippen LogP contribution is -2.40. The Balaban J connectivity index is 1.33. The highest BCUT2D eigenvalue weighted by molar-refractivity contribution is 5.95. The molecule has 8 heteroatoms. The molecule has 1 N–H and O–H groups in total. The van der Waals surface area contributed by atoms with E-state index in [1.807, 2.05) is 23.1 Å². The fourth-order valence-corrected chi connectivity index (χ4v) is 5.63. The van der Waals surface area contributed by atoms with Crippen molar-refractivity contribution in [3.8, 4) is 11.1 Å². The van der Waals surface area contributed by atoms with Crippen LogP contribution in [0.3, 0.4) is 0 Å². The minimum absolute atomic E-state index is 0.0125. The van der Waals surface area contributed by atoms with Crippen molar-refractivity contribution >= 4 is 22.5 Å². The first-order valence-electron chi connectivity index (χ1n) is 12.8. The summed E-state index contributed by atoms with van der Waals surface area (Å²) in [5.74, 6) is 0.561. The Morgan fingerprint density at radius 1 is 1.17 bits per heavy atom. The molecule has 1 amide bonds. The summed E-state index contributed by atoms with van der Waals surface area (Å²) in [6.45, 7) is 7.23. The lowest BCUT2D eigenvalue weighted by molar-refractivity contribution is -0.118. The van der Waals surface area contributed by atoms with E-state index in [-0.39, 0.29) is 12.6 Å². The lowest BCUT2D eigenvalue weighted by Gasteiger charge is -2.27. The summed E-state index contributed by atoms with van der Waals surface area (Å²) in [5, 5.41) is 9.61. The number of hydrogen-bond acceptors (Lipinski definition) is 5. The molecule has 1 saturated heterocycles. The first-order chi connectivity index (χ1) is 17.1. The molecule has 1 fully saturated rings. The van der Waals surface area contributed by atoms with E-state index in [0.717, 1.165) is 59.9 Å². The Kier molecular flexibility index (Phi) is 7.11. The SMILES string of the molecule is CCCC1CCC(C)N1CC(=O)Nc1cc2cc(-c3cnn4c3CN(CCF)CC4)ccc2cn1. The number of benzene rings is 1. The molecule has 186 valence electrons. The summed E-state index contributed by atoms with van der Waals surface area (Å²) in [6.07, 6.45) is 8.31. The number of hydrogen-bond donors (Lipinski definition) is 1. The predicted octanol–water partition coefficient (Wildman–Crippen LogP) is 4.47. The van der Waals surface area contributed by atoms with Gasteiger partial charge in [0.2, 0.25) is 5.91 Å². The third kappa shape index (κ3) is 5.09. The summed E-state index contributed by atoms with van der Waals surface area (Å²) in [7, 11) is 0. The van der Waals surface area contributed by atoms with Crippen molar-refractivity contribution in [2.45, 2.75) is 64.7 Å². The molecular weight excluding hydrogens is 443 g/mol. The molecule has 3 aromatic rings. The second-order valence-corrected chi connectivity index (χ2v) is 9.91. The highest BCUT2D eigenvalue weighted by atomic mass is 19.1. The quantitative estimate of drug-likeness (QED) is 0.517. The molecule has 35 heavy (non-hydrogen) atoms. The number of alkyl halides is 1. The number of aromatic nitrogens is 3. The van der Waals surface area contributed by atoms with Gasteiger partial charge in [0, 0.05) is 48.9 Å². The zero-order valence-electron chi connectivity index (χ0n) is 20.7. The number of amides is 1. The molecule has 2 atom stereocenters. The molecule has 0 bridgehead atoms. The maximum atomic E-state index is 12.9. The fraction of sp³-hybridized carbons (Fsp3) is 0.519. The zero-order valence-corrected chi connectivity index (χ0v) is 20.7. The Bertz CT molecular complexity index is 1190. The van der Waals surface area contributed by atoms with Gasteiger partial charge in [-0.05, 0) is 49.3 Å². The van der Waals surface area contributed by atoms with Crippen LogP contribution >= 0.6 is 0 Å². The normalized spacial score (nSPS) is 20.9. The minimum atomic E-state index is -0.336. The molecule has 7 nitrogen and oxygen atoms in total. The third-order valence-electron chi connectivity index (χ3n) is 7.55. The first-order valence-corrected chi connectivity index (χ1v) is 12.8. The van der Waals surface area contributed by atoms with Gasteiger partial charge in [-0.25, -0.2) is 9.37 Å². The van der Waals surface area contributed by atoms with Crippen LogP contribution in [0.1, 0.15) is 45.2 Å². The van der Waals surface area contributed by atoms with Crippen LogP contribution in [0.2, 0.25) is 0 Å². The first kappa shape index (κ1) is 23.9.